The van der Waals surface area contributed by atoms with Crippen molar-refractivity contribution in [2.24, 2.45) is 12.8 Å². The fourth-order valence-corrected chi connectivity index (χ4v) is 3.62. The van der Waals surface area contributed by atoms with Crippen molar-refractivity contribution in [3.63, 3.8) is 0 Å². The van der Waals surface area contributed by atoms with E-state index in [1.165, 1.54) is 43.1 Å². The zero-order chi connectivity index (χ0) is 26.6. The third-order valence-electron chi connectivity index (χ3n) is 5.01. The minimum Gasteiger partial charge on any atom is -0.496 e. The van der Waals surface area contributed by atoms with E-state index in [0.717, 1.165) is 0 Å². The van der Waals surface area contributed by atoms with Gasteiger partial charge >= 0.3 is 12.1 Å². The highest BCUT2D eigenvalue weighted by atomic mass is 35.5. The number of carbonyl (C=O) groups is 2. The molecule has 0 spiro atoms. The first kappa shape index (κ1) is 26.8. The largest absolute Gasteiger partial charge is 0.496 e. The lowest BCUT2D eigenvalue weighted by Crippen LogP contribution is -2.29. The number of carbonyl (C=O) groups excluding carboxylic acids is 2. The molecule has 0 saturated carbocycles. The molecule has 1 heterocycles. The van der Waals surface area contributed by atoms with Crippen LogP contribution in [-0.2, 0) is 11.8 Å². The molecule has 1 amide bonds. The van der Waals surface area contributed by atoms with Crippen LogP contribution in [0.2, 0.25) is 5.02 Å². The van der Waals surface area contributed by atoms with E-state index in [1.807, 2.05) is 0 Å². The third kappa shape index (κ3) is 5.71. The van der Waals surface area contributed by atoms with Crippen LogP contribution < -0.4 is 25.3 Å². The first-order valence-corrected chi connectivity index (χ1v) is 10.8. The number of nitrogens with two attached hydrogens (primary N) is 1. The standard InChI is InChI=1S/C23H22ClF3N4O5/c1-12-17(34-3)7-5-14(20(12)36-22(33)23(25,26)27)21(32)30-13-4-6-18(35-9-8-28)15(10-13)19-16(24)11-29-31(19)2/h4-7,10-11H,8-9,28H2,1-3H3,(H,30,32). The Labute approximate surface area is 208 Å². The Morgan fingerprint density at radius 2 is 1.89 bits per heavy atom. The molecule has 13 heteroatoms. The van der Waals surface area contributed by atoms with E-state index in [1.54, 1.807) is 19.2 Å². The number of benzene rings is 2. The first-order valence-electron chi connectivity index (χ1n) is 10.4. The van der Waals surface area contributed by atoms with Crippen molar-refractivity contribution < 1.29 is 37.0 Å². The van der Waals surface area contributed by atoms with Crippen molar-refractivity contribution in [1.82, 2.24) is 9.78 Å². The number of methoxy groups -OCH3 is 1. The van der Waals surface area contributed by atoms with Crippen LogP contribution in [0.5, 0.6) is 17.2 Å². The predicted octanol–water partition coefficient (Wildman–Crippen LogP) is 4.12. The number of aryl methyl sites for hydroxylation is 1. The molecular formula is C23H22ClF3N4O5. The molecule has 2 aromatic carbocycles. The molecule has 0 unspecified atom stereocenters. The van der Waals surface area contributed by atoms with Crippen LogP contribution in [0.15, 0.2) is 36.5 Å². The first-order chi connectivity index (χ1) is 17.0. The van der Waals surface area contributed by atoms with Crippen LogP contribution in [0.3, 0.4) is 0 Å². The van der Waals surface area contributed by atoms with Gasteiger partial charge in [-0.3, -0.25) is 9.48 Å². The smallest absolute Gasteiger partial charge is 0.491 e. The minimum absolute atomic E-state index is 0.0376. The second-order valence-electron chi connectivity index (χ2n) is 7.42. The van der Waals surface area contributed by atoms with Gasteiger partial charge in [-0.05, 0) is 37.3 Å². The van der Waals surface area contributed by atoms with E-state index in [2.05, 4.69) is 15.2 Å². The van der Waals surface area contributed by atoms with Crippen molar-refractivity contribution in [3.05, 3.63) is 52.7 Å². The van der Waals surface area contributed by atoms with E-state index >= 15 is 0 Å². The molecule has 0 radical (unpaired) electrons. The maximum absolute atomic E-state index is 13.1. The number of hydrogen-bond acceptors (Lipinski definition) is 7. The SMILES string of the molecule is COc1ccc(C(=O)Nc2ccc(OCCN)c(-c3c(Cl)cnn3C)c2)c(OC(=O)C(F)(F)F)c1C. The zero-order valence-corrected chi connectivity index (χ0v) is 20.2. The lowest BCUT2D eigenvalue weighted by molar-refractivity contribution is -0.189. The fraction of sp³-hybridized carbons (Fsp3) is 0.261. The molecule has 0 aliphatic carbocycles. The van der Waals surface area contributed by atoms with E-state index in [4.69, 9.17) is 26.8 Å². The highest BCUT2D eigenvalue weighted by Gasteiger charge is 2.42. The maximum Gasteiger partial charge on any atom is 0.491 e. The number of halogens is 4. The molecule has 0 bridgehead atoms. The Balaban J connectivity index is 2.01. The molecule has 0 aliphatic rings. The minimum atomic E-state index is -5.26. The molecule has 3 N–H and O–H groups in total. The van der Waals surface area contributed by atoms with Crippen LogP contribution in [0, 0.1) is 6.92 Å². The van der Waals surface area contributed by atoms with Gasteiger partial charge in [0, 0.05) is 30.4 Å². The molecule has 0 saturated heterocycles. The Kier molecular flexibility index (Phi) is 8.10. The highest BCUT2D eigenvalue weighted by Crippen LogP contribution is 2.38. The van der Waals surface area contributed by atoms with Crippen molar-refractivity contribution in [2.75, 3.05) is 25.6 Å². The van der Waals surface area contributed by atoms with Gasteiger partial charge in [0.15, 0.2) is 5.75 Å². The second-order valence-corrected chi connectivity index (χ2v) is 7.83. The Hall–Kier alpha value is -3.77. The maximum atomic E-state index is 13.1. The summed E-state index contributed by atoms with van der Waals surface area (Å²) in [5, 5.41) is 7.02. The number of aromatic nitrogens is 2. The van der Waals surface area contributed by atoms with Crippen LogP contribution in [-0.4, -0.2) is 48.1 Å². The number of nitrogens with zero attached hydrogens (tertiary/aromatic N) is 2. The van der Waals surface area contributed by atoms with Crippen molar-refractivity contribution in [2.45, 2.75) is 13.1 Å². The summed E-state index contributed by atoms with van der Waals surface area (Å²) >= 11 is 6.29. The monoisotopic (exact) mass is 526 g/mol. The number of amides is 1. The van der Waals surface area contributed by atoms with E-state index in [9.17, 15) is 22.8 Å². The van der Waals surface area contributed by atoms with E-state index < -0.39 is 23.8 Å². The Bertz CT molecular complexity index is 1270. The summed E-state index contributed by atoms with van der Waals surface area (Å²) in [6.45, 7) is 1.83. The lowest BCUT2D eigenvalue weighted by Gasteiger charge is -2.17. The van der Waals surface area contributed by atoms with Crippen LogP contribution in [0.1, 0.15) is 15.9 Å². The number of anilines is 1. The summed E-state index contributed by atoms with van der Waals surface area (Å²) in [5.41, 5.74) is 6.50. The molecule has 1 aromatic heterocycles. The molecule has 0 fully saturated rings. The summed E-state index contributed by atoms with van der Waals surface area (Å²) in [4.78, 5) is 24.6. The summed E-state index contributed by atoms with van der Waals surface area (Å²) in [5.74, 6) is -3.33. The quantitative estimate of drug-likeness (QED) is 0.335. The molecule has 36 heavy (non-hydrogen) atoms. The molecule has 0 aliphatic heterocycles. The second kappa shape index (κ2) is 10.9. The van der Waals surface area contributed by atoms with Crippen LogP contribution >= 0.6 is 11.6 Å². The molecule has 3 aromatic rings. The third-order valence-corrected chi connectivity index (χ3v) is 5.29. The normalized spacial score (nSPS) is 11.2. The number of alkyl halides is 3. The van der Waals surface area contributed by atoms with Gasteiger partial charge in [-0.1, -0.05) is 11.6 Å². The van der Waals surface area contributed by atoms with E-state index in [-0.39, 0.29) is 35.7 Å². The summed E-state index contributed by atoms with van der Waals surface area (Å²) in [6, 6.07) is 7.23. The van der Waals surface area contributed by atoms with Crippen LogP contribution in [0.25, 0.3) is 11.3 Å². The predicted molar refractivity (Wildman–Crippen MR) is 126 cm³/mol. The zero-order valence-electron chi connectivity index (χ0n) is 19.4. The number of rotatable bonds is 8. The van der Waals surface area contributed by atoms with Gasteiger partial charge in [0.2, 0.25) is 0 Å². The Morgan fingerprint density at radius 1 is 1.19 bits per heavy atom. The summed E-state index contributed by atoms with van der Waals surface area (Å²) in [7, 11) is 2.96. The van der Waals surface area contributed by atoms with Gasteiger partial charge in [0.25, 0.3) is 5.91 Å². The number of esters is 1. The molecule has 0 atom stereocenters. The van der Waals surface area contributed by atoms with Gasteiger partial charge in [0.05, 0.1) is 29.6 Å². The number of hydrogen-bond donors (Lipinski definition) is 2. The summed E-state index contributed by atoms with van der Waals surface area (Å²) in [6.07, 6.45) is -3.82. The molecular weight excluding hydrogens is 505 g/mol. The highest BCUT2D eigenvalue weighted by molar-refractivity contribution is 6.33. The van der Waals surface area contributed by atoms with Gasteiger partial charge < -0.3 is 25.3 Å². The topological polar surface area (TPSA) is 118 Å². The van der Waals surface area contributed by atoms with Gasteiger partial charge in [-0.2, -0.15) is 18.3 Å². The van der Waals surface area contributed by atoms with Crippen molar-refractivity contribution in [1.29, 1.82) is 0 Å². The van der Waals surface area contributed by atoms with Gasteiger partial charge in [-0.25, -0.2) is 4.79 Å². The Morgan fingerprint density at radius 3 is 2.47 bits per heavy atom. The molecule has 9 nitrogen and oxygen atoms in total. The number of ether oxygens (including phenoxy) is 3. The fourth-order valence-electron chi connectivity index (χ4n) is 3.36. The van der Waals surface area contributed by atoms with Crippen LogP contribution in [0.4, 0.5) is 18.9 Å². The number of nitrogens with one attached hydrogen (secondary N) is 1. The molecule has 3 rings (SSSR count). The van der Waals surface area contributed by atoms with Gasteiger partial charge in [-0.15, -0.1) is 0 Å². The average molecular weight is 527 g/mol. The average Bonchev–Trinajstić information content (AvgIpc) is 3.16. The van der Waals surface area contributed by atoms with Crippen molar-refractivity contribution >= 4 is 29.2 Å². The summed E-state index contributed by atoms with van der Waals surface area (Å²) < 4.78 is 55.4. The van der Waals surface area contributed by atoms with E-state index in [0.29, 0.717) is 22.0 Å². The molecule has 192 valence electrons. The van der Waals surface area contributed by atoms with Gasteiger partial charge in [0.1, 0.15) is 18.1 Å². The van der Waals surface area contributed by atoms with Crippen molar-refractivity contribution in [3.8, 4) is 28.5 Å². The lowest BCUT2D eigenvalue weighted by atomic mass is 10.1.